The Hall–Kier alpha value is -1.52. The van der Waals surface area contributed by atoms with Gasteiger partial charge in [0, 0.05) is 15.2 Å². The van der Waals surface area contributed by atoms with Gasteiger partial charge in [0.25, 0.3) is 5.91 Å². The maximum atomic E-state index is 12.0. The van der Waals surface area contributed by atoms with E-state index in [9.17, 15) is 4.79 Å². The van der Waals surface area contributed by atoms with Crippen LogP contribution in [-0.4, -0.2) is 12.5 Å². The number of aryl methyl sites for hydroxylation is 2. The summed E-state index contributed by atoms with van der Waals surface area (Å²) in [5, 5.41) is 3.47. The van der Waals surface area contributed by atoms with E-state index < -0.39 is 0 Å². The van der Waals surface area contributed by atoms with Gasteiger partial charge in [0.05, 0.1) is 0 Å². The number of ether oxygens (including phenoxy) is 1. The fraction of sp³-hybridized carbons (Fsp3) is 0.235. The molecule has 22 heavy (non-hydrogen) atoms. The number of anilines is 1. The molecule has 116 valence electrons. The SMILES string of the molecule is CCc1cc(Br)ccc1OCC(=O)Nc1ccc(Cl)cc1C. The van der Waals surface area contributed by atoms with Crippen molar-refractivity contribution in [3.63, 3.8) is 0 Å². The van der Waals surface area contributed by atoms with Crippen LogP contribution in [-0.2, 0) is 11.2 Å². The van der Waals surface area contributed by atoms with Crippen LogP contribution in [0, 0.1) is 6.92 Å². The number of benzene rings is 2. The standard InChI is InChI=1S/C17H17BrClNO2/c1-3-12-9-13(18)4-7-16(12)22-10-17(21)20-15-6-5-14(19)8-11(15)2/h4-9H,3,10H2,1-2H3,(H,20,21). The van der Waals surface area contributed by atoms with Crippen molar-refractivity contribution in [2.24, 2.45) is 0 Å². The van der Waals surface area contributed by atoms with E-state index in [1.165, 1.54) is 0 Å². The minimum Gasteiger partial charge on any atom is -0.483 e. The third-order valence-electron chi connectivity index (χ3n) is 3.22. The zero-order chi connectivity index (χ0) is 16.1. The molecule has 0 aromatic heterocycles. The van der Waals surface area contributed by atoms with Crippen LogP contribution in [0.3, 0.4) is 0 Å². The van der Waals surface area contributed by atoms with E-state index in [0.717, 1.165) is 33.5 Å². The molecule has 0 aliphatic rings. The monoisotopic (exact) mass is 381 g/mol. The Morgan fingerprint density at radius 2 is 2.05 bits per heavy atom. The van der Waals surface area contributed by atoms with Crippen LogP contribution in [0.15, 0.2) is 40.9 Å². The fourth-order valence-electron chi connectivity index (χ4n) is 2.06. The van der Waals surface area contributed by atoms with E-state index in [1.54, 1.807) is 12.1 Å². The lowest BCUT2D eigenvalue weighted by Gasteiger charge is -2.12. The molecule has 2 rings (SSSR count). The number of hydrogen-bond acceptors (Lipinski definition) is 2. The number of hydrogen-bond donors (Lipinski definition) is 1. The minimum atomic E-state index is -0.199. The molecule has 5 heteroatoms. The van der Waals surface area contributed by atoms with Crippen molar-refractivity contribution in [3.8, 4) is 5.75 Å². The molecule has 0 bridgehead atoms. The Balaban J connectivity index is 1.98. The second kappa shape index (κ2) is 7.65. The molecule has 3 nitrogen and oxygen atoms in total. The Kier molecular flexibility index (Phi) is 5.86. The molecule has 2 aromatic carbocycles. The lowest BCUT2D eigenvalue weighted by molar-refractivity contribution is -0.118. The smallest absolute Gasteiger partial charge is 0.262 e. The predicted molar refractivity (Wildman–Crippen MR) is 93.8 cm³/mol. The molecule has 1 N–H and O–H groups in total. The molecular formula is C17H17BrClNO2. The van der Waals surface area contributed by atoms with Gasteiger partial charge in [-0.2, -0.15) is 0 Å². The first kappa shape index (κ1) is 16.8. The fourth-order valence-corrected chi connectivity index (χ4v) is 2.70. The van der Waals surface area contributed by atoms with Crippen LogP contribution in [0.2, 0.25) is 5.02 Å². The molecule has 0 atom stereocenters. The molecule has 0 heterocycles. The van der Waals surface area contributed by atoms with E-state index in [-0.39, 0.29) is 12.5 Å². The molecule has 0 saturated carbocycles. The van der Waals surface area contributed by atoms with Gasteiger partial charge in [-0.25, -0.2) is 0 Å². The van der Waals surface area contributed by atoms with Gasteiger partial charge in [-0.05, 0) is 60.9 Å². The molecule has 0 unspecified atom stereocenters. The highest BCUT2D eigenvalue weighted by molar-refractivity contribution is 9.10. The molecule has 0 fully saturated rings. The van der Waals surface area contributed by atoms with Crippen molar-refractivity contribution < 1.29 is 9.53 Å². The Labute approximate surface area is 143 Å². The van der Waals surface area contributed by atoms with Gasteiger partial charge < -0.3 is 10.1 Å². The summed E-state index contributed by atoms with van der Waals surface area (Å²) in [5.41, 5.74) is 2.72. The number of halogens is 2. The zero-order valence-corrected chi connectivity index (χ0v) is 14.8. The highest BCUT2D eigenvalue weighted by Crippen LogP contribution is 2.24. The summed E-state index contributed by atoms with van der Waals surface area (Å²) < 4.78 is 6.62. The summed E-state index contributed by atoms with van der Waals surface area (Å²) in [6.07, 6.45) is 0.840. The highest BCUT2D eigenvalue weighted by atomic mass is 79.9. The number of amides is 1. The van der Waals surface area contributed by atoms with Crippen molar-refractivity contribution in [3.05, 3.63) is 57.0 Å². The maximum Gasteiger partial charge on any atom is 0.262 e. The van der Waals surface area contributed by atoms with Crippen molar-refractivity contribution in [2.75, 3.05) is 11.9 Å². The van der Waals surface area contributed by atoms with Crippen molar-refractivity contribution in [2.45, 2.75) is 20.3 Å². The van der Waals surface area contributed by atoms with Crippen LogP contribution in [0.1, 0.15) is 18.1 Å². The van der Waals surface area contributed by atoms with Crippen molar-refractivity contribution >= 4 is 39.1 Å². The van der Waals surface area contributed by atoms with Gasteiger partial charge in [0.2, 0.25) is 0 Å². The average molecular weight is 383 g/mol. The van der Waals surface area contributed by atoms with Gasteiger partial charge in [-0.3, -0.25) is 4.79 Å². The first-order valence-electron chi connectivity index (χ1n) is 6.97. The van der Waals surface area contributed by atoms with Gasteiger partial charge in [-0.15, -0.1) is 0 Å². The van der Waals surface area contributed by atoms with Crippen LogP contribution in [0.5, 0.6) is 5.75 Å². The summed E-state index contributed by atoms with van der Waals surface area (Å²) >= 11 is 9.33. The van der Waals surface area contributed by atoms with E-state index in [4.69, 9.17) is 16.3 Å². The molecule has 0 spiro atoms. The first-order chi connectivity index (χ1) is 10.5. The molecule has 0 radical (unpaired) electrons. The lowest BCUT2D eigenvalue weighted by Crippen LogP contribution is -2.21. The molecule has 0 aliphatic heterocycles. The van der Waals surface area contributed by atoms with Gasteiger partial charge in [0.1, 0.15) is 5.75 Å². The number of nitrogens with one attached hydrogen (secondary N) is 1. The quantitative estimate of drug-likeness (QED) is 0.791. The van der Waals surface area contributed by atoms with Gasteiger partial charge in [0.15, 0.2) is 6.61 Å². The minimum absolute atomic E-state index is 0.0311. The largest absolute Gasteiger partial charge is 0.483 e. The van der Waals surface area contributed by atoms with Crippen LogP contribution in [0.25, 0.3) is 0 Å². The lowest BCUT2D eigenvalue weighted by atomic mass is 10.1. The Morgan fingerprint density at radius 1 is 1.27 bits per heavy atom. The maximum absolute atomic E-state index is 12.0. The summed E-state index contributed by atoms with van der Waals surface area (Å²) in [5.74, 6) is 0.532. The molecular weight excluding hydrogens is 366 g/mol. The summed E-state index contributed by atoms with van der Waals surface area (Å²) in [4.78, 5) is 12.0. The third kappa shape index (κ3) is 4.49. The number of carbonyl (C=O) groups is 1. The summed E-state index contributed by atoms with van der Waals surface area (Å²) in [7, 11) is 0. The second-order valence-corrected chi connectivity index (χ2v) is 6.25. The third-order valence-corrected chi connectivity index (χ3v) is 3.95. The number of carbonyl (C=O) groups excluding carboxylic acids is 1. The zero-order valence-electron chi connectivity index (χ0n) is 12.5. The molecule has 0 aliphatic carbocycles. The van der Waals surface area contributed by atoms with Gasteiger partial charge in [-0.1, -0.05) is 34.5 Å². The Morgan fingerprint density at radius 3 is 2.73 bits per heavy atom. The summed E-state index contributed by atoms with van der Waals surface area (Å²) in [6.45, 7) is 3.91. The molecule has 0 saturated heterocycles. The Bertz CT molecular complexity index is 688. The van der Waals surface area contributed by atoms with E-state index in [1.807, 2.05) is 38.1 Å². The first-order valence-corrected chi connectivity index (χ1v) is 8.14. The second-order valence-electron chi connectivity index (χ2n) is 4.90. The van der Waals surface area contributed by atoms with Crippen molar-refractivity contribution in [1.82, 2.24) is 0 Å². The van der Waals surface area contributed by atoms with E-state index in [2.05, 4.69) is 21.2 Å². The van der Waals surface area contributed by atoms with E-state index in [0.29, 0.717) is 5.02 Å². The molecule has 2 aromatic rings. The summed E-state index contributed by atoms with van der Waals surface area (Å²) in [6, 6.07) is 11.1. The average Bonchev–Trinajstić information content (AvgIpc) is 2.48. The van der Waals surface area contributed by atoms with Crippen molar-refractivity contribution in [1.29, 1.82) is 0 Å². The van der Waals surface area contributed by atoms with Crippen LogP contribution < -0.4 is 10.1 Å². The molecule has 1 amide bonds. The van der Waals surface area contributed by atoms with Gasteiger partial charge >= 0.3 is 0 Å². The van der Waals surface area contributed by atoms with E-state index >= 15 is 0 Å². The van der Waals surface area contributed by atoms with Crippen LogP contribution in [0.4, 0.5) is 5.69 Å². The normalized spacial score (nSPS) is 10.4. The number of rotatable bonds is 5. The van der Waals surface area contributed by atoms with Crippen LogP contribution >= 0.6 is 27.5 Å². The predicted octanol–water partition coefficient (Wildman–Crippen LogP) is 4.99. The topological polar surface area (TPSA) is 38.3 Å². The highest BCUT2D eigenvalue weighted by Gasteiger charge is 2.08.